The molecule has 18 heavy (non-hydrogen) atoms. The van der Waals surface area contributed by atoms with Gasteiger partial charge in [-0.05, 0) is 29.8 Å². The summed E-state index contributed by atoms with van der Waals surface area (Å²) < 4.78 is 9.21. The van der Waals surface area contributed by atoms with Gasteiger partial charge in [-0.15, -0.1) is 0 Å². The third-order valence-corrected chi connectivity index (χ3v) is 2.44. The topological polar surface area (TPSA) is 45.3 Å². The van der Waals surface area contributed by atoms with Gasteiger partial charge in [-0.1, -0.05) is 30.3 Å². The number of phenols is 1. The molecular weight excluding hydrogens is 228 g/mol. The second-order valence-electron chi connectivity index (χ2n) is 4.29. The third kappa shape index (κ3) is 5.17. The van der Waals surface area contributed by atoms with Gasteiger partial charge in [0.2, 0.25) is 0 Å². The van der Waals surface area contributed by atoms with Gasteiger partial charge in [-0.25, -0.2) is 0 Å². The summed E-state index contributed by atoms with van der Waals surface area (Å²) in [5.74, 6) is 0.323. The van der Waals surface area contributed by atoms with Crippen molar-refractivity contribution in [3.63, 3.8) is 0 Å². The van der Waals surface area contributed by atoms with E-state index in [1.807, 2.05) is 30.3 Å². The predicted molar refractivity (Wildman–Crippen MR) is 71.8 cm³/mol. The van der Waals surface area contributed by atoms with E-state index in [4.69, 9.17) is 9.84 Å². The molecule has 0 radical (unpaired) electrons. The highest BCUT2D eigenvalue weighted by Crippen LogP contribution is 2.18. The Labute approximate surface area is 107 Å². The Kier molecular flexibility index (Phi) is 4.56. The van der Waals surface area contributed by atoms with Crippen molar-refractivity contribution in [3.05, 3.63) is 42.5 Å². The molecule has 2 heterocycles. The number of fused-ring (bicyclic) bond motifs is 1. The summed E-state index contributed by atoms with van der Waals surface area (Å²) in [6.45, 7) is 5.04. The number of ether oxygens (including phenoxy) is 2. The quantitative estimate of drug-likeness (QED) is 0.727. The minimum atomic E-state index is 0.323. The average molecular weight is 246 g/mol. The van der Waals surface area contributed by atoms with E-state index >= 15 is 0 Å². The van der Waals surface area contributed by atoms with Crippen molar-refractivity contribution in [1.82, 2.24) is 0 Å². The summed E-state index contributed by atoms with van der Waals surface area (Å²) in [5, 5.41) is 11.4. The van der Waals surface area contributed by atoms with Gasteiger partial charge < -0.3 is 14.6 Å². The third-order valence-electron chi connectivity index (χ3n) is 2.44. The number of hydrogen-bond acceptors (Lipinski definition) is 3. The van der Waals surface area contributed by atoms with Crippen LogP contribution < -0.4 is 0 Å². The van der Waals surface area contributed by atoms with Crippen LogP contribution in [0, 0.1) is 0 Å². The number of benzene rings is 2. The second-order valence-corrected chi connectivity index (χ2v) is 4.29. The summed E-state index contributed by atoms with van der Waals surface area (Å²) in [6, 6.07) is 13.3. The smallest absolute Gasteiger partial charge is 0.116 e. The first-order valence-electron chi connectivity index (χ1n) is 6.13. The van der Waals surface area contributed by atoms with Gasteiger partial charge in [-0.3, -0.25) is 0 Å². The Bertz CT molecular complexity index is 487. The molecule has 1 atom stereocenters. The van der Waals surface area contributed by atoms with Crippen molar-refractivity contribution in [2.45, 2.75) is 13.0 Å². The van der Waals surface area contributed by atoms with Crippen molar-refractivity contribution < 1.29 is 14.6 Å². The monoisotopic (exact) mass is 246 g/mol. The SMILES string of the molecule is C1CO1.CC1CO1.Oc1ccc2ccccc2c1. The average Bonchev–Trinajstić information content (AvgIpc) is 3.24. The first-order valence-corrected chi connectivity index (χ1v) is 6.13. The molecule has 1 N–H and O–H groups in total. The molecule has 2 aromatic rings. The molecule has 3 heteroatoms. The number of hydrogen-bond donors (Lipinski definition) is 1. The van der Waals surface area contributed by atoms with Crippen LogP contribution in [0.5, 0.6) is 5.75 Å². The van der Waals surface area contributed by atoms with Crippen LogP contribution in [0.2, 0.25) is 0 Å². The normalized spacial score (nSPS) is 19.1. The van der Waals surface area contributed by atoms with E-state index in [0.717, 1.165) is 30.6 Å². The van der Waals surface area contributed by atoms with Gasteiger partial charge in [0.25, 0.3) is 0 Å². The molecule has 96 valence electrons. The molecule has 2 aromatic carbocycles. The summed E-state index contributed by atoms with van der Waals surface area (Å²) in [5.41, 5.74) is 0. The fraction of sp³-hybridized carbons (Fsp3) is 0.333. The molecule has 2 fully saturated rings. The lowest BCUT2D eigenvalue weighted by molar-refractivity contribution is 0.423. The van der Waals surface area contributed by atoms with E-state index in [0.29, 0.717) is 11.9 Å². The van der Waals surface area contributed by atoms with Gasteiger partial charge in [-0.2, -0.15) is 0 Å². The molecule has 2 saturated heterocycles. The summed E-state index contributed by atoms with van der Waals surface area (Å²) in [6.07, 6.45) is 0.583. The maximum Gasteiger partial charge on any atom is 0.116 e. The van der Waals surface area contributed by atoms with E-state index < -0.39 is 0 Å². The van der Waals surface area contributed by atoms with Gasteiger partial charge >= 0.3 is 0 Å². The number of aromatic hydroxyl groups is 1. The van der Waals surface area contributed by atoms with Gasteiger partial charge in [0.05, 0.1) is 25.9 Å². The van der Waals surface area contributed by atoms with Crippen LogP contribution in [0.4, 0.5) is 0 Å². The molecule has 0 bridgehead atoms. The van der Waals surface area contributed by atoms with E-state index in [2.05, 4.69) is 11.7 Å². The first-order chi connectivity index (χ1) is 8.75. The lowest BCUT2D eigenvalue weighted by Gasteiger charge is -1.96. The first kappa shape index (κ1) is 12.9. The Hall–Kier alpha value is -1.58. The van der Waals surface area contributed by atoms with Crippen molar-refractivity contribution in [1.29, 1.82) is 0 Å². The number of rotatable bonds is 0. The highest BCUT2D eigenvalue weighted by atomic mass is 16.6. The van der Waals surface area contributed by atoms with Crippen LogP contribution in [0.3, 0.4) is 0 Å². The second kappa shape index (κ2) is 6.38. The lowest BCUT2D eigenvalue weighted by Crippen LogP contribution is -1.69. The molecule has 0 spiro atoms. The van der Waals surface area contributed by atoms with Crippen molar-refractivity contribution in [3.8, 4) is 5.75 Å². The van der Waals surface area contributed by atoms with Gasteiger partial charge in [0.1, 0.15) is 5.75 Å². The Morgan fingerprint density at radius 3 is 2.11 bits per heavy atom. The van der Waals surface area contributed by atoms with Crippen molar-refractivity contribution >= 4 is 10.8 Å². The molecule has 2 aliphatic rings. The van der Waals surface area contributed by atoms with E-state index in [9.17, 15) is 0 Å². The molecule has 0 amide bonds. The van der Waals surface area contributed by atoms with Crippen LogP contribution in [-0.4, -0.2) is 31.0 Å². The summed E-state index contributed by atoms with van der Waals surface area (Å²) >= 11 is 0. The Morgan fingerprint density at radius 2 is 1.61 bits per heavy atom. The standard InChI is InChI=1S/C10H8O.C3H6O.C2H4O/c11-10-6-5-8-3-1-2-4-9(8)7-10;1-3-2-4-3;1-2-3-1/h1-7,11H;3H,2H2,1H3;1-2H2. The molecule has 0 aromatic heterocycles. The predicted octanol–water partition coefficient (Wildman–Crippen LogP) is 2.97. The molecule has 0 aliphatic carbocycles. The van der Waals surface area contributed by atoms with Crippen LogP contribution in [0.15, 0.2) is 42.5 Å². The highest BCUT2D eigenvalue weighted by molar-refractivity contribution is 5.83. The minimum Gasteiger partial charge on any atom is -0.508 e. The molecule has 2 aliphatic heterocycles. The summed E-state index contributed by atoms with van der Waals surface area (Å²) in [7, 11) is 0. The highest BCUT2D eigenvalue weighted by Gasteiger charge is 2.13. The van der Waals surface area contributed by atoms with Gasteiger partial charge in [0, 0.05) is 0 Å². The summed E-state index contributed by atoms with van der Waals surface area (Å²) in [4.78, 5) is 0. The van der Waals surface area contributed by atoms with Crippen LogP contribution in [-0.2, 0) is 9.47 Å². The van der Waals surface area contributed by atoms with E-state index in [1.165, 1.54) is 0 Å². The molecule has 1 unspecified atom stereocenters. The van der Waals surface area contributed by atoms with E-state index in [1.54, 1.807) is 12.1 Å². The van der Waals surface area contributed by atoms with Crippen LogP contribution >= 0.6 is 0 Å². The zero-order valence-electron chi connectivity index (χ0n) is 10.5. The fourth-order valence-electron chi connectivity index (χ4n) is 1.27. The van der Waals surface area contributed by atoms with E-state index in [-0.39, 0.29) is 0 Å². The fourth-order valence-corrected chi connectivity index (χ4v) is 1.27. The zero-order valence-corrected chi connectivity index (χ0v) is 10.5. The Morgan fingerprint density at radius 1 is 1.06 bits per heavy atom. The lowest BCUT2D eigenvalue weighted by atomic mass is 10.1. The minimum absolute atomic E-state index is 0.323. The van der Waals surface area contributed by atoms with Crippen molar-refractivity contribution in [2.75, 3.05) is 19.8 Å². The molecule has 4 rings (SSSR count). The largest absolute Gasteiger partial charge is 0.508 e. The maximum atomic E-state index is 9.13. The van der Waals surface area contributed by atoms with Crippen LogP contribution in [0.25, 0.3) is 10.8 Å². The van der Waals surface area contributed by atoms with Crippen LogP contribution in [0.1, 0.15) is 6.92 Å². The molecule has 0 saturated carbocycles. The van der Waals surface area contributed by atoms with Gasteiger partial charge in [0.15, 0.2) is 0 Å². The number of epoxide rings is 2. The van der Waals surface area contributed by atoms with Crippen molar-refractivity contribution in [2.24, 2.45) is 0 Å². The molecule has 3 nitrogen and oxygen atoms in total. The molecular formula is C15H18O3. The Balaban J connectivity index is 0.000000139. The number of phenolic OH excluding ortho intramolecular Hbond substituents is 1. The zero-order chi connectivity index (χ0) is 12.8. The maximum absolute atomic E-state index is 9.13.